The fourth-order valence-electron chi connectivity index (χ4n) is 4.16. The smallest absolute Gasteiger partial charge is 0.246 e. The van der Waals surface area contributed by atoms with Crippen LogP contribution in [-0.4, -0.2) is 66.0 Å². The molecule has 202 valence electrons. The minimum Gasteiger partial charge on any atom is -0.507 e. The molecule has 0 aromatic heterocycles. The van der Waals surface area contributed by atoms with Crippen molar-refractivity contribution in [3.05, 3.63) is 72.3 Å². The maximum absolute atomic E-state index is 13.3. The fraction of sp³-hybridized carbons (Fsp3) is 0.321. The number of anilines is 1. The summed E-state index contributed by atoms with van der Waals surface area (Å²) in [6.45, 7) is 1.17. The molecule has 0 aliphatic rings. The third-order valence-corrected chi connectivity index (χ3v) is 6.20. The van der Waals surface area contributed by atoms with Crippen LogP contribution in [0.25, 0.3) is 10.8 Å². The molecule has 38 heavy (non-hydrogen) atoms. The molecule has 0 saturated carbocycles. The van der Waals surface area contributed by atoms with Gasteiger partial charge in [-0.15, -0.1) is 0 Å². The van der Waals surface area contributed by atoms with E-state index in [0.29, 0.717) is 37.0 Å². The number of nitrogens with one attached hydrogen (secondary N) is 2. The van der Waals surface area contributed by atoms with Gasteiger partial charge in [0.05, 0.1) is 12.5 Å². The predicted molar refractivity (Wildman–Crippen MR) is 148 cm³/mol. The molecule has 0 radical (unpaired) electrons. The van der Waals surface area contributed by atoms with Crippen molar-refractivity contribution in [2.75, 3.05) is 31.5 Å². The number of nitrogens with zero attached hydrogens (tertiary/aromatic N) is 1. The first-order valence-electron chi connectivity index (χ1n) is 12.6. The van der Waals surface area contributed by atoms with E-state index in [9.17, 15) is 19.5 Å². The monoisotopic (exact) mass is 520 g/mol. The highest BCUT2D eigenvalue weighted by Gasteiger charge is 2.26. The van der Waals surface area contributed by atoms with Gasteiger partial charge in [0.15, 0.2) is 0 Å². The maximum Gasteiger partial charge on any atom is 0.246 e. The van der Waals surface area contributed by atoms with Crippen LogP contribution in [0, 0.1) is 0 Å². The zero-order valence-electron chi connectivity index (χ0n) is 21.3. The summed E-state index contributed by atoms with van der Waals surface area (Å²) in [7, 11) is 0. The van der Waals surface area contributed by atoms with Crippen LogP contribution in [0.2, 0.25) is 0 Å². The van der Waals surface area contributed by atoms with Crippen LogP contribution >= 0.6 is 0 Å². The fourth-order valence-corrected chi connectivity index (χ4v) is 4.16. The Balaban J connectivity index is 1.71. The van der Waals surface area contributed by atoms with Crippen molar-refractivity contribution >= 4 is 34.2 Å². The maximum atomic E-state index is 13.3. The highest BCUT2D eigenvalue weighted by Crippen LogP contribution is 2.26. The Labute approximate surface area is 222 Å². The number of fused-ring (bicyclic) bond motifs is 1. The Morgan fingerprint density at radius 3 is 2.29 bits per heavy atom. The highest BCUT2D eigenvalue weighted by atomic mass is 16.3. The number of hydrogen-bond donors (Lipinski definition) is 6. The van der Waals surface area contributed by atoms with Gasteiger partial charge in [-0.2, -0.15) is 0 Å². The topological polar surface area (TPSA) is 177 Å². The van der Waals surface area contributed by atoms with Gasteiger partial charge in [-0.05, 0) is 48.1 Å². The minimum atomic E-state index is -1.14. The molecule has 2 atom stereocenters. The second-order valence-corrected chi connectivity index (χ2v) is 9.06. The van der Waals surface area contributed by atoms with E-state index in [1.165, 1.54) is 4.90 Å². The van der Waals surface area contributed by atoms with E-state index in [4.69, 9.17) is 17.2 Å². The molecule has 10 heteroatoms. The summed E-state index contributed by atoms with van der Waals surface area (Å²) < 4.78 is 0. The second-order valence-electron chi connectivity index (χ2n) is 9.06. The number of aromatic hydroxyl groups is 1. The number of carbonyl (C=O) groups is 3. The number of aryl methyl sites for hydroxylation is 1. The lowest BCUT2D eigenvalue weighted by atomic mass is 10.0. The number of phenols is 1. The van der Waals surface area contributed by atoms with Gasteiger partial charge in [0.2, 0.25) is 17.7 Å². The van der Waals surface area contributed by atoms with Gasteiger partial charge in [-0.25, -0.2) is 0 Å². The van der Waals surface area contributed by atoms with Crippen molar-refractivity contribution in [2.45, 2.75) is 31.3 Å². The molecule has 0 bridgehead atoms. The lowest BCUT2D eigenvalue weighted by Gasteiger charge is -2.24. The summed E-state index contributed by atoms with van der Waals surface area (Å²) in [6, 6.07) is 17.9. The summed E-state index contributed by atoms with van der Waals surface area (Å²) in [4.78, 5) is 40.3. The number of benzene rings is 3. The summed E-state index contributed by atoms with van der Waals surface area (Å²) in [5.74, 6) is -1.20. The van der Waals surface area contributed by atoms with Crippen molar-refractivity contribution in [3.63, 3.8) is 0 Å². The second kappa shape index (κ2) is 14.1. The minimum absolute atomic E-state index is 0.147. The average molecular weight is 521 g/mol. The molecule has 0 heterocycles. The van der Waals surface area contributed by atoms with Gasteiger partial charge >= 0.3 is 0 Å². The standard InChI is InChI=1S/C28H36N6O4/c29-13-15-34(16-14-30)26(36)18-23(31)27(37)33-24(12-9-19-5-2-1-3-6-19)28(38)32-21-10-11-22-20(17-21)7-4-8-25(22)35/h1-8,10-11,17,23-24,35H,9,12-16,18,29-31H2,(H,32,38)(H,33,37)/t23-,24-/m0/s1. The third-order valence-electron chi connectivity index (χ3n) is 6.20. The van der Waals surface area contributed by atoms with Gasteiger partial charge < -0.3 is 37.8 Å². The van der Waals surface area contributed by atoms with Crippen molar-refractivity contribution in [2.24, 2.45) is 17.2 Å². The molecular formula is C28H36N6O4. The molecule has 0 spiro atoms. The van der Waals surface area contributed by atoms with Gasteiger partial charge in [-0.1, -0.05) is 42.5 Å². The summed E-state index contributed by atoms with van der Waals surface area (Å²) >= 11 is 0. The number of hydrogen-bond acceptors (Lipinski definition) is 7. The molecule has 0 saturated heterocycles. The molecule has 0 unspecified atom stereocenters. The molecule has 3 aromatic carbocycles. The molecular weight excluding hydrogens is 484 g/mol. The Morgan fingerprint density at radius 2 is 1.61 bits per heavy atom. The van der Waals surface area contributed by atoms with Crippen LogP contribution in [0.4, 0.5) is 5.69 Å². The van der Waals surface area contributed by atoms with E-state index in [-0.39, 0.29) is 31.2 Å². The zero-order valence-corrected chi connectivity index (χ0v) is 21.3. The Morgan fingerprint density at radius 1 is 0.895 bits per heavy atom. The Hall–Kier alpha value is -3.99. The molecule has 3 rings (SSSR count). The van der Waals surface area contributed by atoms with E-state index in [1.807, 2.05) is 36.4 Å². The number of carbonyl (C=O) groups excluding carboxylic acids is 3. The first-order valence-corrected chi connectivity index (χ1v) is 12.6. The van der Waals surface area contributed by atoms with Crippen LogP contribution in [0.15, 0.2) is 66.7 Å². The van der Waals surface area contributed by atoms with E-state index < -0.39 is 23.9 Å². The van der Waals surface area contributed by atoms with E-state index >= 15 is 0 Å². The van der Waals surface area contributed by atoms with E-state index in [0.717, 1.165) is 10.9 Å². The Kier molecular flexibility index (Phi) is 10.6. The van der Waals surface area contributed by atoms with Gasteiger partial charge in [0, 0.05) is 37.3 Å². The first kappa shape index (κ1) is 28.6. The number of nitrogens with two attached hydrogens (primary N) is 3. The lowest BCUT2D eigenvalue weighted by molar-refractivity contribution is -0.134. The summed E-state index contributed by atoms with van der Waals surface area (Å²) in [6.07, 6.45) is 0.635. The molecule has 0 aliphatic carbocycles. The molecule has 10 nitrogen and oxygen atoms in total. The molecule has 9 N–H and O–H groups in total. The van der Waals surface area contributed by atoms with Crippen LogP contribution < -0.4 is 27.8 Å². The summed E-state index contributed by atoms with van der Waals surface area (Å²) in [5.41, 5.74) is 18.7. The molecule has 0 fully saturated rings. The Bertz CT molecular complexity index is 1230. The van der Waals surface area contributed by atoms with Crippen molar-refractivity contribution < 1.29 is 19.5 Å². The average Bonchev–Trinajstić information content (AvgIpc) is 2.91. The van der Waals surface area contributed by atoms with Crippen LogP contribution in [-0.2, 0) is 20.8 Å². The van der Waals surface area contributed by atoms with E-state index in [2.05, 4.69) is 10.6 Å². The summed E-state index contributed by atoms with van der Waals surface area (Å²) in [5, 5.41) is 17.0. The van der Waals surface area contributed by atoms with Gasteiger partial charge in [-0.3, -0.25) is 14.4 Å². The van der Waals surface area contributed by atoms with Crippen molar-refractivity contribution in [1.82, 2.24) is 10.2 Å². The first-order chi connectivity index (χ1) is 18.3. The lowest BCUT2D eigenvalue weighted by Crippen LogP contribution is -2.52. The zero-order chi connectivity index (χ0) is 27.5. The molecule has 0 aliphatic heterocycles. The normalized spacial score (nSPS) is 12.5. The van der Waals surface area contributed by atoms with Crippen LogP contribution in [0.5, 0.6) is 5.75 Å². The highest BCUT2D eigenvalue weighted by molar-refractivity contribution is 6.00. The number of rotatable bonds is 13. The largest absolute Gasteiger partial charge is 0.507 e. The predicted octanol–water partition coefficient (Wildman–Crippen LogP) is 1.06. The van der Waals surface area contributed by atoms with Crippen molar-refractivity contribution in [3.8, 4) is 5.75 Å². The van der Waals surface area contributed by atoms with Crippen LogP contribution in [0.3, 0.4) is 0 Å². The quantitative estimate of drug-likeness (QED) is 0.195. The van der Waals surface area contributed by atoms with Gasteiger partial charge in [0.25, 0.3) is 0 Å². The SMILES string of the molecule is NCCN(CCN)C(=O)C[C@H](N)C(=O)N[C@@H](CCc1ccccc1)C(=O)Nc1ccc2c(O)cccc2c1. The number of amides is 3. The third kappa shape index (κ3) is 8.01. The number of phenolic OH excluding ortho intramolecular Hbond substituents is 1. The van der Waals surface area contributed by atoms with Crippen molar-refractivity contribution in [1.29, 1.82) is 0 Å². The van der Waals surface area contributed by atoms with E-state index in [1.54, 1.807) is 30.3 Å². The van der Waals surface area contributed by atoms with Gasteiger partial charge in [0.1, 0.15) is 11.8 Å². The molecule has 3 aromatic rings. The molecule has 3 amide bonds. The van der Waals surface area contributed by atoms with Crippen LogP contribution in [0.1, 0.15) is 18.4 Å².